The molecule has 0 aliphatic carbocycles. The Labute approximate surface area is 154 Å². The van der Waals surface area contributed by atoms with Crippen LogP contribution in [0.3, 0.4) is 0 Å². The fraction of sp³-hybridized carbons (Fsp3) is 0.368. The number of aromatic nitrogens is 1. The lowest BCUT2D eigenvalue weighted by molar-refractivity contribution is -0.143. The molecule has 0 bridgehead atoms. The summed E-state index contributed by atoms with van der Waals surface area (Å²) in [6.07, 6.45) is 1.69. The molecule has 1 aliphatic rings. The van der Waals surface area contributed by atoms with Gasteiger partial charge in [0, 0.05) is 11.4 Å². The van der Waals surface area contributed by atoms with Crippen molar-refractivity contribution < 1.29 is 9.90 Å². The van der Waals surface area contributed by atoms with E-state index in [1.54, 1.807) is 22.7 Å². The van der Waals surface area contributed by atoms with Gasteiger partial charge in [0.2, 0.25) is 0 Å². The largest absolute Gasteiger partial charge is 0.481 e. The van der Waals surface area contributed by atoms with E-state index in [0.29, 0.717) is 6.54 Å². The number of benzene rings is 1. The number of aryl methyl sites for hydroxylation is 1. The minimum absolute atomic E-state index is 0.0551. The molecule has 130 valence electrons. The zero-order valence-corrected chi connectivity index (χ0v) is 15.6. The van der Waals surface area contributed by atoms with Gasteiger partial charge < -0.3 is 5.11 Å². The zero-order valence-electron chi connectivity index (χ0n) is 14.0. The van der Waals surface area contributed by atoms with Gasteiger partial charge in [0.1, 0.15) is 5.01 Å². The first kappa shape index (κ1) is 16.7. The minimum Gasteiger partial charge on any atom is -0.481 e. The van der Waals surface area contributed by atoms with Crippen LogP contribution in [0.4, 0.5) is 0 Å². The number of carboxylic acids is 1. The number of likely N-dealkylation sites (tertiary alicyclic amines) is 1. The molecule has 1 fully saturated rings. The molecule has 3 heterocycles. The molecule has 2 aromatic heterocycles. The monoisotopic (exact) mass is 372 g/mol. The van der Waals surface area contributed by atoms with E-state index in [0.717, 1.165) is 29.9 Å². The highest BCUT2D eigenvalue weighted by Crippen LogP contribution is 2.39. The molecule has 0 radical (unpaired) electrons. The standard InChI is InChI=1S/C19H20N2O2S2/c1-12-8-10-24-17(12)16(21-9-4-5-13(11-21)19(22)23)18-20-14-6-2-3-7-15(14)25-18/h2-3,6-8,10,13,16H,4-5,9,11H2,1H3,(H,22,23). The molecule has 1 saturated heterocycles. The summed E-state index contributed by atoms with van der Waals surface area (Å²) in [6, 6.07) is 10.4. The summed E-state index contributed by atoms with van der Waals surface area (Å²) < 4.78 is 1.18. The zero-order chi connectivity index (χ0) is 17.4. The van der Waals surface area contributed by atoms with Crippen LogP contribution < -0.4 is 0 Å². The molecule has 0 saturated carbocycles. The number of piperidine rings is 1. The Morgan fingerprint density at radius 2 is 2.20 bits per heavy atom. The summed E-state index contributed by atoms with van der Waals surface area (Å²) in [5.74, 6) is -0.971. The number of carbonyl (C=O) groups is 1. The van der Waals surface area contributed by atoms with Crippen molar-refractivity contribution in [2.24, 2.45) is 5.92 Å². The van der Waals surface area contributed by atoms with Crippen LogP contribution in [0.5, 0.6) is 0 Å². The summed E-state index contributed by atoms with van der Waals surface area (Å²) in [7, 11) is 0. The smallest absolute Gasteiger partial charge is 0.307 e. The van der Waals surface area contributed by atoms with Crippen LogP contribution in [0.15, 0.2) is 35.7 Å². The molecule has 4 nitrogen and oxygen atoms in total. The Hall–Kier alpha value is -1.76. The number of thiophene rings is 1. The fourth-order valence-corrected chi connectivity index (χ4v) is 5.80. The molecule has 1 aromatic carbocycles. The van der Waals surface area contributed by atoms with Gasteiger partial charge in [-0.15, -0.1) is 22.7 Å². The minimum atomic E-state index is -0.685. The molecule has 4 rings (SSSR count). The van der Waals surface area contributed by atoms with Crippen molar-refractivity contribution in [2.75, 3.05) is 13.1 Å². The van der Waals surface area contributed by atoms with Gasteiger partial charge in [-0.2, -0.15) is 0 Å². The van der Waals surface area contributed by atoms with Crippen LogP contribution in [0.2, 0.25) is 0 Å². The first-order valence-electron chi connectivity index (χ1n) is 8.50. The van der Waals surface area contributed by atoms with E-state index in [1.807, 2.05) is 18.2 Å². The molecule has 1 aliphatic heterocycles. The van der Waals surface area contributed by atoms with Gasteiger partial charge in [-0.3, -0.25) is 9.69 Å². The Bertz CT molecular complexity index is 869. The van der Waals surface area contributed by atoms with Crippen molar-refractivity contribution in [3.05, 3.63) is 51.2 Å². The second-order valence-corrected chi connectivity index (χ2v) is 8.57. The number of hydrogen-bond acceptors (Lipinski definition) is 5. The first-order chi connectivity index (χ1) is 12.1. The molecule has 1 N–H and O–H groups in total. The Morgan fingerprint density at radius 1 is 1.36 bits per heavy atom. The van der Waals surface area contributed by atoms with Crippen molar-refractivity contribution in [1.82, 2.24) is 9.88 Å². The van der Waals surface area contributed by atoms with Gasteiger partial charge in [0.15, 0.2) is 0 Å². The van der Waals surface area contributed by atoms with Crippen LogP contribution in [-0.2, 0) is 4.79 Å². The third-order valence-corrected chi connectivity index (χ3v) is 7.02. The number of carboxylic acid groups (broad SMARTS) is 1. The summed E-state index contributed by atoms with van der Waals surface area (Å²) in [5.41, 5.74) is 2.28. The van der Waals surface area contributed by atoms with Crippen molar-refractivity contribution in [1.29, 1.82) is 0 Å². The number of aliphatic carboxylic acids is 1. The van der Waals surface area contributed by atoms with Gasteiger partial charge in [-0.25, -0.2) is 4.98 Å². The summed E-state index contributed by atoms with van der Waals surface area (Å²) in [6.45, 7) is 3.64. The maximum Gasteiger partial charge on any atom is 0.307 e. The highest BCUT2D eigenvalue weighted by molar-refractivity contribution is 7.18. The van der Waals surface area contributed by atoms with Crippen LogP contribution >= 0.6 is 22.7 Å². The molecule has 2 unspecified atom stereocenters. The van der Waals surface area contributed by atoms with Crippen LogP contribution in [0, 0.1) is 12.8 Å². The number of para-hydroxylation sites is 1. The van der Waals surface area contributed by atoms with Gasteiger partial charge in [0.05, 0.1) is 22.2 Å². The van der Waals surface area contributed by atoms with Gasteiger partial charge >= 0.3 is 5.97 Å². The molecule has 0 spiro atoms. The second-order valence-electron chi connectivity index (χ2n) is 6.56. The SMILES string of the molecule is Cc1ccsc1C(c1nc2ccccc2s1)N1CCCC(C(=O)O)C1. The molecular formula is C19H20N2O2S2. The number of hydrogen-bond donors (Lipinski definition) is 1. The molecule has 2 atom stereocenters. The van der Waals surface area contributed by atoms with Crippen molar-refractivity contribution in [3.8, 4) is 0 Å². The number of nitrogens with zero attached hydrogens (tertiary/aromatic N) is 2. The molecular weight excluding hydrogens is 352 g/mol. The van der Waals surface area contributed by atoms with Crippen molar-refractivity contribution in [2.45, 2.75) is 25.8 Å². The third kappa shape index (κ3) is 3.21. The summed E-state index contributed by atoms with van der Waals surface area (Å²) in [4.78, 5) is 20.0. The first-order valence-corrected chi connectivity index (χ1v) is 10.2. The van der Waals surface area contributed by atoms with Crippen molar-refractivity contribution in [3.63, 3.8) is 0 Å². The number of rotatable bonds is 4. The van der Waals surface area contributed by atoms with E-state index in [4.69, 9.17) is 4.98 Å². The van der Waals surface area contributed by atoms with Gasteiger partial charge in [-0.05, 0) is 55.5 Å². The maximum atomic E-state index is 11.5. The van der Waals surface area contributed by atoms with E-state index < -0.39 is 5.97 Å². The van der Waals surface area contributed by atoms with Crippen LogP contribution in [0.25, 0.3) is 10.2 Å². The van der Waals surface area contributed by atoms with E-state index in [2.05, 4.69) is 29.3 Å². The van der Waals surface area contributed by atoms with Crippen molar-refractivity contribution >= 4 is 38.9 Å². The lowest BCUT2D eigenvalue weighted by atomic mass is 9.96. The van der Waals surface area contributed by atoms with E-state index in [-0.39, 0.29) is 12.0 Å². The highest BCUT2D eigenvalue weighted by Gasteiger charge is 2.34. The molecule has 6 heteroatoms. The normalized spacial score (nSPS) is 20.0. The van der Waals surface area contributed by atoms with Crippen LogP contribution in [0.1, 0.15) is 34.3 Å². The Balaban J connectivity index is 1.77. The lowest BCUT2D eigenvalue weighted by Crippen LogP contribution is -2.41. The van der Waals surface area contributed by atoms with Crippen LogP contribution in [-0.4, -0.2) is 34.0 Å². The quantitative estimate of drug-likeness (QED) is 0.730. The maximum absolute atomic E-state index is 11.5. The Morgan fingerprint density at radius 3 is 2.92 bits per heavy atom. The van der Waals surface area contributed by atoms with Gasteiger partial charge in [-0.1, -0.05) is 12.1 Å². The summed E-state index contributed by atoms with van der Waals surface area (Å²) in [5, 5.41) is 12.7. The average molecular weight is 373 g/mol. The van der Waals surface area contributed by atoms with E-state index in [9.17, 15) is 9.90 Å². The lowest BCUT2D eigenvalue weighted by Gasteiger charge is -2.36. The Kier molecular flexibility index (Phi) is 4.58. The highest BCUT2D eigenvalue weighted by atomic mass is 32.1. The predicted octanol–water partition coefficient (Wildman–Crippen LogP) is 4.55. The molecule has 3 aromatic rings. The average Bonchev–Trinajstić information content (AvgIpc) is 3.22. The number of fused-ring (bicyclic) bond motifs is 1. The molecule has 0 amide bonds. The summed E-state index contributed by atoms with van der Waals surface area (Å²) >= 11 is 3.47. The fourth-order valence-electron chi connectivity index (χ4n) is 3.55. The number of thiazole rings is 1. The third-order valence-electron chi connectivity index (χ3n) is 4.86. The van der Waals surface area contributed by atoms with Gasteiger partial charge in [0.25, 0.3) is 0 Å². The second kappa shape index (κ2) is 6.86. The van der Waals surface area contributed by atoms with E-state index >= 15 is 0 Å². The predicted molar refractivity (Wildman–Crippen MR) is 102 cm³/mol. The topological polar surface area (TPSA) is 53.4 Å². The van der Waals surface area contributed by atoms with E-state index in [1.165, 1.54) is 15.1 Å². The molecule has 25 heavy (non-hydrogen) atoms.